The maximum atomic E-state index is 12.2. The number of nitrogens with zero attached hydrogens (tertiary/aromatic N) is 1. The highest BCUT2D eigenvalue weighted by Gasteiger charge is 2.26. The number of carbonyl (C=O) groups is 1. The minimum absolute atomic E-state index is 0.133. The molecule has 2 N–H and O–H groups in total. The number of anilines is 1. The number of rotatable bonds is 3. The van der Waals surface area contributed by atoms with Crippen LogP contribution in [-0.4, -0.2) is 16.1 Å². The van der Waals surface area contributed by atoms with Crippen LogP contribution in [0, 0.1) is 0 Å². The molecule has 20 heavy (non-hydrogen) atoms. The van der Waals surface area contributed by atoms with Gasteiger partial charge >= 0.3 is 0 Å². The summed E-state index contributed by atoms with van der Waals surface area (Å²) in [6.45, 7) is 0. The van der Waals surface area contributed by atoms with E-state index in [1.54, 1.807) is 0 Å². The van der Waals surface area contributed by atoms with E-state index in [9.17, 15) is 4.79 Å². The number of nitrogens with one attached hydrogen (secondary N) is 2. The van der Waals surface area contributed by atoms with Gasteiger partial charge in [0.15, 0.2) is 5.69 Å². The van der Waals surface area contributed by atoms with Crippen LogP contribution in [0.15, 0.2) is 24.3 Å². The number of hydrogen-bond acceptors (Lipinski definition) is 2. The molecular formula is C16H17N3O. The molecule has 1 saturated carbocycles. The van der Waals surface area contributed by atoms with Gasteiger partial charge in [0.1, 0.15) is 0 Å². The second-order valence-electron chi connectivity index (χ2n) is 5.77. The third-order valence-corrected chi connectivity index (χ3v) is 4.20. The largest absolute Gasteiger partial charge is 0.321 e. The van der Waals surface area contributed by atoms with Crippen LogP contribution in [0.25, 0.3) is 0 Å². The lowest BCUT2D eigenvalue weighted by atomic mass is 10.1. The van der Waals surface area contributed by atoms with E-state index < -0.39 is 0 Å². The summed E-state index contributed by atoms with van der Waals surface area (Å²) < 4.78 is 0. The van der Waals surface area contributed by atoms with Gasteiger partial charge in [0.25, 0.3) is 5.91 Å². The van der Waals surface area contributed by atoms with E-state index in [-0.39, 0.29) is 5.91 Å². The van der Waals surface area contributed by atoms with Crippen molar-refractivity contribution in [1.29, 1.82) is 0 Å². The standard InChI is InChI=1S/C16H17N3O/c20-16(15-9-14(18-19-15)11-4-5-11)17-13-7-6-10-2-1-3-12(10)8-13/h6-9,11H,1-5H2,(H,17,20)(H,18,19). The van der Waals surface area contributed by atoms with Crippen LogP contribution in [-0.2, 0) is 12.8 Å². The SMILES string of the molecule is O=C(Nc1ccc2c(c1)CCC2)c1cc(C2CC2)[nH]n1. The van der Waals surface area contributed by atoms with Crippen LogP contribution in [0.1, 0.15) is 52.5 Å². The van der Waals surface area contributed by atoms with Crippen LogP contribution in [0.4, 0.5) is 5.69 Å². The van der Waals surface area contributed by atoms with Gasteiger partial charge in [-0.25, -0.2) is 0 Å². The number of amides is 1. The fourth-order valence-electron chi connectivity index (χ4n) is 2.90. The first-order valence-electron chi connectivity index (χ1n) is 7.28. The molecule has 1 heterocycles. The molecule has 0 saturated heterocycles. The van der Waals surface area contributed by atoms with Crippen molar-refractivity contribution in [3.8, 4) is 0 Å². The molecule has 0 bridgehead atoms. The number of fused-ring (bicyclic) bond motifs is 1. The summed E-state index contributed by atoms with van der Waals surface area (Å²) in [6, 6.07) is 8.07. The van der Waals surface area contributed by atoms with Gasteiger partial charge in [-0.15, -0.1) is 0 Å². The predicted molar refractivity (Wildman–Crippen MR) is 77.0 cm³/mol. The minimum Gasteiger partial charge on any atom is -0.321 e. The molecule has 2 aliphatic rings. The second kappa shape index (κ2) is 4.47. The molecule has 4 rings (SSSR count). The summed E-state index contributed by atoms with van der Waals surface area (Å²) in [7, 11) is 0. The predicted octanol–water partition coefficient (Wildman–Crippen LogP) is 3.03. The molecule has 2 aromatic rings. The Balaban J connectivity index is 1.51. The lowest BCUT2D eigenvalue weighted by molar-refractivity contribution is 0.102. The maximum Gasteiger partial charge on any atom is 0.276 e. The average Bonchev–Trinajstić information content (AvgIpc) is 3.01. The molecule has 0 spiro atoms. The highest BCUT2D eigenvalue weighted by molar-refractivity contribution is 6.03. The second-order valence-corrected chi connectivity index (χ2v) is 5.77. The molecule has 1 amide bonds. The normalized spacial score (nSPS) is 17.0. The van der Waals surface area contributed by atoms with Crippen LogP contribution < -0.4 is 5.32 Å². The molecular weight excluding hydrogens is 250 g/mol. The summed E-state index contributed by atoms with van der Waals surface area (Å²) in [5.41, 5.74) is 5.21. The Hall–Kier alpha value is -2.10. The van der Waals surface area contributed by atoms with Crippen molar-refractivity contribution >= 4 is 11.6 Å². The molecule has 2 aliphatic carbocycles. The Kier molecular flexibility index (Phi) is 2.62. The van der Waals surface area contributed by atoms with Crippen molar-refractivity contribution in [2.45, 2.75) is 38.0 Å². The van der Waals surface area contributed by atoms with Gasteiger partial charge in [-0.2, -0.15) is 5.10 Å². The zero-order valence-electron chi connectivity index (χ0n) is 11.3. The Morgan fingerprint density at radius 2 is 2.05 bits per heavy atom. The molecule has 0 aliphatic heterocycles. The summed E-state index contributed by atoms with van der Waals surface area (Å²) in [4.78, 5) is 12.2. The number of aryl methyl sites for hydroxylation is 2. The molecule has 4 nitrogen and oxygen atoms in total. The number of aromatic amines is 1. The molecule has 102 valence electrons. The topological polar surface area (TPSA) is 57.8 Å². The van der Waals surface area contributed by atoms with E-state index in [0.717, 1.165) is 24.2 Å². The molecule has 1 fully saturated rings. The van der Waals surface area contributed by atoms with E-state index in [1.165, 1.54) is 30.4 Å². The highest BCUT2D eigenvalue weighted by Crippen LogP contribution is 2.39. The number of H-pyrrole nitrogens is 1. The first-order valence-corrected chi connectivity index (χ1v) is 7.28. The first kappa shape index (κ1) is 11.7. The summed E-state index contributed by atoms with van der Waals surface area (Å²) in [5.74, 6) is 0.454. The van der Waals surface area contributed by atoms with E-state index in [0.29, 0.717) is 11.6 Å². The highest BCUT2D eigenvalue weighted by atomic mass is 16.1. The quantitative estimate of drug-likeness (QED) is 0.898. The lowest BCUT2D eigenvalue weighted by Gasteiger charge is -2.05. The van der Waals surface area contributed by atoms with Crippen LogP contribution in [0.2, 0.25) is 0 Å². The molecule has 0 atom stereocenters. The number of hydrogen-bond donors (Lipinski definition) is 2. The average molecular weight is 267 g/mol. The van der Waals surface area contributed by atoms with Crippen molar-refractivity contribution in [1.82, 2.24) is 10.2 Å². The van der Waals surface area contributed by atoms with Crippen LogP contribution >= 0.6 is 0 Å². The molecule has 0 unspecified atom stereocenters. The smallest absolute Gasteiger partial charge is 0.276 e. The zero-order valence-corrected chi connectivity index (χ0v) is 11.3. The third kappa shape index (κ3) is 2.11. The van der Waals surface area contributed by atoms with Crippen LogP contribution in [0.5, 0.6) is 0 Å². The van der Waals surface area contributed by atoms with Gasteiger partial charge in [0.2, 0.25) is 0 Å². The Labute approximate surface area is 117 Å². The lowest BCUT2D eigenvalue weighted by Crippen LogP contribution is -2.12. The van der Waals surface area contributed by atoms with E-state index >= 15 is 0 Å². The van der Waals surface area contributed by atoms with Crippen LogP contribution in [0.3, 0.4) is 0 Å². The molecule has 0 radical (unpaired) electrons. The molecule has 1 aromatic heterocycles. The molecule has 4 heteroatoms. The number of carbonyl (C=O) groups excluding carboxylic acids is 1. The summed E-state index contributed by atoms with van der Waals surface area (Å²) in [5, 5.41) is 10.0. The van der Waals surface area contributed by atoms with E-state index in [4.69, 9.17) is 0 Å². The van der Waals surface area contributed by atoms with Gasteiger partial charge < -0.3 is 5.32 Å². The first-order chi connectivity index (χ1) is 9.79. The van der Waals surface area contributed by atoms with E-state index in [2.05, 4.69) is 27.6 Å². The van der Waals surface area contributed by atoms with Gasteiger partial charge in [0.05, 0.1) is 0 Å². The number of aromatic nitrogens is 2. The van der Waals surface area contributed by atoms with Crippen molar-refractivity contribution in [2.24, 2.45) is 0 Å². The Morgan fingerprint density at radius 1 is 1.20 bits per heavy atom. The minimum atomic E-state index is -0.133. The summed E-state index contributed by atoms with van der Waals surface area (Å²) in [6.07, 6.45) is 5.90. The van der Waals surface area contributed by atoms with E-state index in [1.807, 2.05) is 12.1 Å². The van der Waals surface area contributed by atoms with Gasteiger partial charge in [-0.3, -0.25) is 9.89 Å². The Morgan fingerprint density at radius 3 is 2.90 bits per heavy atom. The van der Waals surface area contributed by atoms with Gasteiger partial charge in [-0.1, -0.05) is 6.07 Å². The van der Waals surface area contributed by atoms with Gasteiger partial charge in [0, 0.05) is 17.3 Å². The van der Waals surface area contributed by atoms with Crippen molar-refractivity contribution < 1.29 is 4.79 Å². The Bertz CT molecular complexity index is 670. The molecule has 1 aromatic carbocycles. The number of benzene rings is 1. The summed E-state index contributed by atoms with van der Waals surface area (Å²) >= 11 is 0. The monoisotopic (exact) mass is 267 g/mol. The maximum absolute atomic E-state index is 12.2. The third-order valence-electron chi connectivity index (χ3n) is 4.20. The van der Waals surface area contributed by atoms with Crippen molar-refractivity contribution in [3.05, 3.63) is 46.8 Å². The zero-order chi connectivity index (χ0) is 13.5. The fourth-order valence-corrected chi connectivity index (χ4v) is 2.90. The van der Waals surface area contributed by atoms with Gasteiger partial charge in [-0.05, 0) is 61.4 Å². The van der Waals surface area contributed by atoms with Crippen molar-refractivity contribution in [3.63, 3.8) is 0 Å². The van der Waals surface area contributed by atoms with Crippen molar-refractivity contribution in [2.75, 3.05) is 5.32 Å². The fraction of sp³-hybridized carbons (Fsp3) is 0.375.